The number of amides is 1. The lowest BCUT2D eigenvalue weighted by Gasteiger charge is -2.50. The van der Waals surface area contributed by atoms with Crippen molar-refractivity contribution in [2.75, 3.05) is 33.3 Å². The van der Waals surface area contributed by atoms with E-state index in [-0.39, 0.29) is 5.91 Å². The molecule has 1 fully saturated rings. The molecule has 0 saturated carbocycles. The van der Waals surface area contributed by atoms with Crippen LogP contribution < -0.4 is 4.74 Å². The fourth-order valence-corrected chi connectivity index (χ4v) is 5.19. The third kappa shape index (κ3) is 4.37. The number of hydrogen-bond donors (Lipinski definition) is 0. The Balaban J connectivity index is 1.49. The Kier molecular flexibility index (Phi) is 6.49. The number of aryl methyl sites for hydroxylation is 1. The van der Waals surface area contributed by atoms with E-state index in [1.807, 2.05) is 31.0 Å². The Morgan fingerprint density at radius 3 is 2.45 bits per heavy atom. The molecule has 2 aliphatic heterocycles. The van der Waals surface area contributed by atoms with Gasteiger partial charge >= 0.3 is 6.18 Å². The van der Waals surface area contributed by atoms with Gasteiger partial charge in [-0.3, -0.25) is 9.69 Å². The minimum absolute atomic E-state index is 0.0436. The number of carbonyl (C=O) groups excluding carboxylic acids is 1. The molecule has 0 aliphatic carbocycles. The van der Waals surface area contributed by atoms with Gasteiger partial charge in [0.25, 0.3) is 5.91 Å². The molecule has 1 amide bonds. The predicted octanol–water partition coefficient (Wildman–Crippen LogP) is 5.07. The van der Waals surface area contributed by atoms with Crippen LogP contribution >= 0.6 is 0 Å². The highest BCUT2D eigenvalue weighted by Crippen LogP contribution is 2.44. The van der Waals surface area contributed by atoms with Crippen molar-refractivity contribution in [3.05, 3.63) is 52.8 Å². The number of aromatic nitrogens is 1. The number of halogens is 3. The molecule has 3 heterocycles. The van der Waals surface area contributed by atoms with E-state index >= 15 is 0 Å². The van der Waals surface area contributed by atoms with Crippen molar-refractivity contribution in [1.29, 1.82) is 0 Å². The number of unbranched alkanes of at least 4 members (excludes halogenated alkanes) is 1. The normalized spacial score (nSPS) is 18.4. The van der Waals surface area contributed by atoms with Gasteiger partial charge in [0.05, 0.1) is 12.1 Å². The summed E-state index contributed by atoms with van der Waals surface area (Å²) < 4.78 is 47.6. The Morgan fingerprint density at radius 1 is 1.09 bits per heavy atom. The molecule has 8 heteroatoms. The fourth-order valence-electron chi connectivity index (χ4n) is 5.19. The van der Waals surface area contributed by atoms with Crippen LogP contribution in [0.25, 0.3) is 0 Å². The molecule has 0 N–H and O–H groups in total. The van der Waals surface area contributed by atoms with Crippen LogP contribution in [0.3, 0.4) is 0 Å². The van der Waals surface area contributed by atoms with E-state index in [0.29, 0.717) is 56.9 Å². The molecule has 0 atom stereocenters. The minimum Gasteiger partial charge on any atom is -0.493 e. The number of rotatable bonds is 5. The van der Waals surface area contributed by atoms with Crippen LogP contribution in [-0.2, 0) is 18.3 Å². The number of fused-ring (bicyclic) bond motifs is 2. The average molecular weight is 464 g/mol. The molecule has 1 spiro atoms. The highest BCUT2D eigenvalue weighted by molar-refractivity contribution is 5.94. The maximum absolute atomic E-state index is 13.5. The summed E-state index contributed by atoms with van der Waals surface area (Å²) in [5, 5.41) is 0. The van der Waals surface area contributed by atoms with Crippen LogP contribution in [-0.4, -0.2) is 53.6 Å². The third-order valence-electron chi connectivity index (χ3n) is 7.19. The second-order valence-corrected chi connectivity index (χ2v) is 9.18. The van der Waals surface area contributed by atoms with Gasteiger partial charge in [0.1, 0.15) is 11.4 Å². The van der Waals surface area contributed by atoms with E-state index < -0.39 is 17.4 Å². The molecular weight excluding hydrogens is 431 g/mol. The zero-order chi connectivity index (χ0) is 23.8. The van der Waals surface area contributed by atoms with E-state index in [2.05, 4.69) is 11.8 Å². The van der Waals surface area contributed by atoms with E-state index in [1.54, 1.807) is 12.1 Å². The number of likely N-dealkylation sites (N-methyl/N-ethyl adjacent to an activating group) is 1. The molecule has 0 bridgehead atoms. The monoisotopic (exact) mass is 463 g/mol. The van der Waals surface area contributed by atoms with Gasteiger partial charge in [-0.05, 0) is 69.1 Å². The summed E-state index contributed by atoms with van der Waals surface area (Å²) >= 11 is 0. The third-order valence-corrected chi connectivity index (χ3v) is 7.19. The topological polar surface area (TPSA) is 37.7 Å². The summed E-state index contributed by atoms with van der Waals surface area (Å²) in [7, 11) is 1.97. The van der Waals surface area contributed by atoms with Crippen LogP contribution in [0.15, 0.2) is 30.3 Å². The molecule has 180 valence electrons. The van der Waals surface area contributed by atoms with Crippen molar-refractivity contribution in [2.45, 2.75) is 57.8 Å². The second-order valence-electron chi connectivity index (χ2n) is 9.18. The molecule has 2 aliphatic rings. The summed E-state index contributed by atoms with van der Waals surface area (Å²) in [6.07, 6.45) is -1.11. The summed E-state index contributed by atoms with van der Waals surface area (Å²) in [5.74, 6) is 0.751. The van der Waals surface area contributed by atoms with Crippen molar-refractivity contribution in [1.82, 2.24) is 14.4 Å². The Morgan fingerprint density at radius 2 is 1.82 bits per heavy atom. The van der Waals surface area contributed by atoms with Gasteiger partial charge in [0, 0.05) is 37.4 Å². The number of alkyl halides is 3. The zero-order valence-corrected chi connectivity index (χ0v) is 19.5. The van der Waals surface area contributed by atoms with Crippen molar-refractivity contribution >= 4 is 5.91 Å². The van der Waals surface area contributed by atoms with Gasteiger partial charge in [0.2, 0.25) is 0 Å². The number of ether oxygens (including phenoxy) is 1. The van der Waals surface area contributed by atoms with Gasteiger partial charge in [-0.1, -0.05) is 13.3 Å². The highest BCUT2D eigenvalue weighted by Gasteiger charge is 2.47. The second kappa shape index (κ2) is 9.05. The summed E-state index contributed by atoms with van der Waals surface area (Å²) in [4.78, 5) is 17.2. The average Bonchev–Trinajstić information content (AvgIpc) is 3.23. The lowest BCUT2D eigenvalue weighted by atomic mass is 9.81. The summed E-state index contributed by atoms with van der Waals surface area (Å²) in [5.41, 5.74) is 1.19. The van der Waals surface area contributed by atoms with Crippen molar-refractivity contribution < 1.29 is 22.7 Å². The number of likely N-dealkylation sites (tertiary alicyclic amines) is 1. The molecule has 1 saturated heterocycles. The summed E-state index contributed by atoms with van der Waals surface area (Å²) in [6, 6.07) is 8.33. The molecule has 4 rings (SSSR count). The number of nitrogens with zero attached hydrogens (tertiary/aromatic N) is 3. The van der Waals surface area contributed by atoms with Crippen LogP contribution in [0, 0.1) is 6.92 Å². The van der Waals surface area contributed by atoms with E-state index in [1.165, 1.54) is 10.6 Å². The van der Waals surface area contributed by atoms with Crippen LogP contribution in [0.2, 0.25) is 0 Å². The van der Waals surface area contributed by atoms with E-state index in [4.69, 9.17) is 4.74 Å². The first-order valence-electron chi connectivity index (χ1n) is 11.7. The number of benzene rings is 1. The summed E-state index contributed by atoms with van der Waals surface area (Å²) in [6.45, 7) is 6.59. The van der Waals surface area contributed by atoms with Gasteiger partial charge in [-0.2, -0.15) is 13.2 Å². The van der Waals surface area contributed by atoms with Crippen molar-refractivity contribution in [2.24, 2.45) is 0 Å². The van der Waals surface area contributed by atoms with Gasteiger partial charge in [-0.15, -0.1) is 0 Å². The lowest BCUT2D eigenvalue weighted by molar-refractivity contribution is -0.144. The number of piperidine rings is 1. The van der Waals surface area contributed by atoms with E-state index in [9.17, 15) is 18.0 Å². The molecule has 33 heavy (non-hydrogen) atoms. The Hall–Kier alpha value is -2.48. The SMILES string of the molecule is CCCCOc1ccc(C(=O)N2CCC3(CC2)c2ccc(C(F)(F)F)n2CCN3C)cc1C. The first kappa shape index (κ1) is 23.7. The first-order chi connectivity index (χ1) is 15.7. The first-order valence-corrected chi connectivity index (χ1v) is 11.7. The van der Waals surface area contributed by atoms with Crippen LogP contribution in [0.1, 0.15) is 59.9 Å². The molecule has 0 unspecified atom stereocenters. The van der Waals surface area contributed by atoms with E-state index in [0.717, 1.165) is 24.2 Å². The molecule has 1 aromatic heterocycles. The molecule has 2 aromatic rings. The van der Waals surface area contributed by atoms with Gasteiger partial charge in [-0.25, -0.2) is 0 Å². The number of hydrogen-bond acceptors (Lipinski definition) is 3. The fraction of sp³-hybridized carbons (Fsp3) is 0.560. The maximum atomic E-state index is 13.5. The molecule has 1 aromatic carbocycles. The smallest absolute Gasteiger partial charge is 0.431 e. The minimum atomic E-state index is -4.36. The van der Waals surface area contributed by atoms with Crippen molar-refractivity contribution in [3.63, 3.8) is 0 Å². The zero-order valence-electron chi connectivity index (χ0n) is 19.5. The Bertz CT molecular complexity index is 1010. The van der Waals surface area contributed by atoms with Gasteiger partial charge in [0.15, 0.2) is 0 Å². The standard InChI is InChI=1S/C25H32F3N3O2/c1-4-5-16-33-20-7-6-19(17-18(20)2)23(32)30-12-10-24(11-13-30)21-8-9-22(25(26,27)28)31(21)15-14-29(24)3/h6-9,17H,4-5,10-16H2,1-3H3. The van der Waals surface area contributed by atoms with Crippen LogP contribution in [0.5, 0.6) is 5.75 Å². The maximum Gasteiger partial charge on any atom is 0.431 e. The largest absolute Gasteiger partial charge is 0.493 e. The Labute approximate surface area is 193 Å². The number of carbonyl (C=O) groups is 1. The van der Waals surface area contributed by atoms with Crippen molar-refractivity contribution in [3.8, 4) is 5.75 Å². The highest BCUT2D eigenvalue weighted by atomic mass is 19.4. The van der Waals surface area contributed by atoms with Crippen LogP contribution in [0.4, 0.5) is 13.2 Å². The lowest BCUT2D eigenvalue weighted by Crippen LogP contribution is -2.56. The molecule has 5 nitrogen and oxygen atoms in total. The molecule has 0 radical (unpaired) electrons. The molecular formula is C25H32F3N3O2. The van der Waals surface area contributed by atoms with Gasteiger partial charge < -0.3 is 14.2 Å². The quantitative estimate of drug-likeness (QED) is 0.581. The predicted molar refractivity (Wildman–Crippen MR) is 120 cm³/mol.